The van der Waals surface area contributed by atoms with Gasteiger partial charge in [-0.3, -0.25) is 0 Å². The van der Waals surface area contributed by atoms with Crippen LogP contribution in [0.2, 0.25) is 5.02 Å². The van der Waals surface area contributed by atoms with Crippen LogP contribution >= 0.6 is 23.4 Å². The van der Waals surface area contributed by atoms with E-state index in [9.17, 15) is 10.2 Å². The van der Waals surface area contributed by atoms with Crippen molar-refractivity contribution in [3.8, 4) is 0 Å². The molecule has 2 spiro atoms. The molecule has 2 aliphatic heterocycles. The van der Waals surface area contributed by atoms with Gasteiger partial charge in [-0.2, -0.15) is 0 Å². The molecule has 8 nitrogen and oxygen atoms in total. The summed E-state index contributed by atoms with van der Waals surface area (Å²) >= 11 is 8.17. The van der Waals surface area contributed by atoms with Gasteiger partial charge in [-0.15, -0.1) is 0 Å². The number of nitrogens with zero attached hydrogens (tertiary/aromatic N) is 5. The molecule has 0 bridgehead atoms. The van der Waals surface area contributed by atoms with Crippen LogP contribution in [-0.4, -0.2) is 63.0 Å². The van der Waals surface area contributed by atoms with Crippen LogP contribution in [0.1, 0.15) is 58.1 Å². The zero-order valence-corrected chi connectivity index (χ0v) is 23.2. The van der Waals surface area contributed by atoms with E-state index in [1.807, 2.05) is 19.9 Å². The lowest BCUT2D eigenvalue weighted by Gasteiger charge is -2.46. The van der Waals surface area contributed by atoms with Crippen molar-refractivity contribution in [2.75, 3.05) is 36.0 Å². The highest BCUT2D eigenvalue weighted by Crippen LogP contribution is 2.65. The Labute approximate surface area is 228 Å². The number of nitrogens with two attached hydrogens (primary N) is 1. The van der Waals surface area contributed by atoms with E-state index >= 15 is 0 Å². The van der Waals surface area contributed by atoms with E-state index in [4.69, 9.17) is 27.3 Å². The summed E-state index contributed by atoms with van der Waals surface area (Å²) in [4.78, 5) is 19.2. The highest BCUT2D eigenvalue weighted by Gasteiger charge is 2.61. The van der Waals surface area contributed by atoms with Crippen LogP contribution in [0.25, 0.3) is 0 Å². The highest BCUT2D eigenvalue weighted by atomic mass is 35.5. The first kappa shape index (κ1) is 25.6. The number of aromatic nitrogens is 3. The topological polar surface area (TPSA) is 112 Å². The van der Waals surface area contributed by atoms with E-state index in [-0.39, 0.29) is 17.9 Å². The van der Waals surface area contributed by atoms with Crippen LogP contribution in [0, 0.1) is 16.7 Å². The van der Waals surface area contributed by atoms with Gasteiger partial charge < -0.3 is 25.7 Å². The number of aliphatic hydroxyl groups is 2. The monoisotopic (exact) mass is 544 g/mol. The Balaban J connectivity index is 1.14. The van der Waals surface area contributed by atoms with Crippen molar-refractivity contribution < 1.29 is 10.2 Å². The minimum Gasteiger partial charge on any atom is -0.390 e. The van der Waals surface area contributed by atoms with Gasteiger partial charge in [-0.05, 0) is 69.3 Å². The molecule has 4 fully saturated rings. The molecule has 2 saturated heterocycles. The average molecular weight is 545 g/mol. The maximum Gasteiger partial charge on any atom is 0.152 e. The first-order chi connectivity index (χ1) is 17.6. The van der Waals surface area contributed by atoms with Crippen molar-refractivity contribution in [1.82, 2.24) is 15.0 Å². The predicted molar refractivity (Wildman–Crippen MR) is 146 cm³/mol. The number of hydrogen-bond donors (Lipinski definition) is 3. The number of anilines is 2. The van der Waals surface area contributed by atoms with Gasteiger partial charge in [0, 0.05) is 49.2 Å². The fourth-order valence-electron chi connectivity index (χ4n) is 6.65. The van der Waals surface area contributed by atoms with E-state index in [0.717, 1.165) is 55.6 Å². The standard InChI is InChI=1S/C27H37ClN6O2S/c1-25(2,36)17-14-34(15-17)23-21(28)19(3-10-30-23)37-20-13-31-22(18(16-35)32-20)33-11-8-27(9-12-33)7-6-26(4-5-26)24(27)29/h3,10,13,17,24,35-36H,4-9,11-12,14-16,29H2,1-2H3. The molecule has 37 heavy (non-hydrogen) atoms. The van der Waals surface area contributed by atoms with Crippen molar-refractivity contribution in [3.05, 3.63) is 29.2 Å². The Morgan fingerprint density at radius 2 is 1.70 bits per heavy atom. The predicted octanol–water partition coefficient (Wildman–Crippen LogP) is 3.86. The summed E-state index contributed by atoms with van der Waals surface area (Å²) in [6.45, 7) is 6.76. The number of rotatable bonds is 6. The lowest BCUT2D eigenvalue weighted by atomic mass is 9.72. The molecule has 4 N–H and O–H groups in total. The van der Waals surface area contributed by atoms with E-state index in [2.05, 4.69) is 14.8 Å². The molecule has 200 valence electrons. The largest absolute Gasteiger partial charge is 0.390 e. The van der Waals surface area contributed by atoms with Crippen LogP contribution in [0.3, 0.4) is 0 Å². The molecule has 1 unspecified atom stereocenters. The Morgan fingerprint density at radius 3 is 2.32 bits per heavy atom. The fraction of sp³-hybridized carbons (Fsp3) is 0.667. The summed E-state index contributed by atoms with van der Waals surface area (Å²) < 4.78 is 0. The maximum atomic E-state index is 10.2. The third kappa shape index (κ3) is 4.50. The Bertz CT molecular complexity index is 1170. The smallest absolute Gasteiger partial charge is 0.152 e. The number of pyridine rings is 1. The average Bonchev–Trinajstić information content (AvgIpc) is 3.59. The molecule has 6 rings (SSSR count). The number of aliphatic hydroxyl groups excluding tert-OH is 1. The summed E-state index contributed by atoms with van der Waals surface area (Å²) in [7, 11) is 0. The van der Waals surface area contributed by atoms with Crippen LogP contribution in [0.5, 0.6) is 0 Å². The SMILES string of the molecule is CC(C)(O)C1CN(c2nccc(Sc3cnc(N4CCC5(CC4)CCC4(CC4)C5N)c(CO)n3)c2Cl)C1. The van der Waals surface area contributed by atoms with Crippen molar-refractivity contribution in [1.29, 1.82) is 0 Å². The van der Waals surface area contributed by atoms with Gasteiger partial charge >= 0.3 is 0 Å². The van der Waals surface area contributed by atoms with Crippen molar-refractivity contribution in [2.24, 2.45) is 22.5 Å². The van der Waals surface area contributed by atoms with E-state index in [0.29, 0.717) is 27.2 Å². The molecule has 4 heterocycles. The van der Waals surface area contributed by atoms with Crippen LogP contribution in [0.15, 0.2) is 28.4 Å². The summed E-state index contributed by atoms with van der Waals surface area (Å²) in [5.41, 5.74) is 7.37. The molecule has 0 amide bonds. The van der Waals surface area contributed by atoms with Crippen molar-refractivity contribution in [3.63, 3.8) is 0 Å². The van der Waals surface area contributed by atoms with Gasteiger partial charge in [-0.25, -0.2) is 15.0 Å². The van der Waals surface area contributed by atoms with Crippen LogP contribution < -0.4 is 15.5 Å². The lowest BCUT2D eigenvalue weighted by molar-refractivity contribution is 0.00438. The minimum atomic E-state index is -0.717. The fourth-order valence-corrected chi connectivity index (χ4v) is 7.80. The molecule has 2 aromatic heterocycles. The maximum absolute atomic E-state index is 10.2. The zero-order chi connectivity index (χ0) is 26.0. The molecule has 2 aromatic rings. The number of halogens is 1. The van der Waals surface area contributed by atoms with Gasteiger partial charge in [-0.1, -0.05) is 23.4 Å². The molecule has 10 heteroatoms. The van der Waals surface area contributed by atoms with Gasteiger partial charge in [0.15, 0.2) is 5.82 Å². The highest BCUT2D eigenvalue weighted by molar-refractivity contribution is 7.99. The molecule has 0 aromatic carbocycles. The molecule has 1 atom stereocenters. The van der Waals surface area contributed by atoms with E-state index in [1.54, 1.807) is 12.4 Å². The van der Waals surface area contributed by atoms with E-state index < -0.39 is 5.60 Å². The van der Waals surface area contributed by atoms with Gasteiger partial charge in [0.25, 0.3) is 0 Å². The molecular formula is C27H37ClN6O2S. The van der Waals surface area contributed by atoms with Gasteiger partial charge in [0.05, 0.1) is 23.4 Å². The number of hydrogen-bond acceptors (Lipinski definition) is 9. The minimum absolute atomic E-state index is 0.164. The Hall–Kier alpha value is -1.65. The van der Waals surface area contributed by atoms with Crippen LogP contribution in [0.4, 0.5) is 11.6 Å². The zero-order valence-electron chi connectivity index (χ0n) is 21.7. The Kier molecular flexibility index (Phi) is 6.39. The summed E-state index contributed by atoms with van der Waals surface area (Å²) in [6.07, 6.45) is 10.8. The quantitative estimate of drug-likeness (QED) is 0.499. The molecule has 0 radical (unpaired) electrons. The summed E-state index contributed by atoms with van der Waals surface area (Å²) in [5, 5.41) is 21.6. The second-order valence-corrected chi connectivity index (χ2v) is 13.6. The number of piperidine rings is 1. The first-order valence-electron chi connectivity index (χ1n) is 13.4. The second-order valence-electron chi connectivity index (χ2n) is 12.1. The second kappa shape index (κ2) is 9.23. The Morgan fingerprint density at radius 1 is 1.05 bits per heavy atom. The normalized spacial score (nSPS) is 24.6. The summed E-state index contributed by atoms with van der Waals surface area (Å²) in [5.74, 6) is 1.68. The molecule has 2 aliphatic carbocycles. The third-order valence-electron chi connectivity index (χ3n) is 9.57. The molecule has 4 aliphatic rings. The van der Waals surface area contributed by atoms with Gasteiger partial charge in [0.2, 0.25) is 0 Å². The lowest BCUT2D eigenvalue weighted by Crippen LogP contribution is -2.56. The molecular weight excluding hydrogens is 508 g/mol. The van der Waals surface area contributed by atoms with Crippen LogP contribution in [-0.2, 0) is 6.61 Å². The van der Waals surface area contributed by atoms with Crippen molar-refractivity contribution in [2.45, 2.75) is 80.5 Å². The molecule has 2 saturated carbocycles. The van der Waals surface area contributed by atoms with Crippen molar-refractivity contribution >= 4 is 35.0 Å². The first-order valence-corrected chi connectivity index (χ1v) is 14.6. The third-order valence-corrected chi connectivity index (χ3v) is 11.0. The van der Waals surface area contributed by atoms with Gasteiger partial charge in [0.1, 0.15) is 16.5 Å². The summed E-state index contributed by atoms with van der Waals surface area (Å²) in [6, 6.07) is 2.20. The van der Waals surface area contributed by atoms with E-state index in [1.165, 1.54) is 37.4 Å².